The van der Waals surface area contributed by atoms with Gasteiger partial charge in [0.25, 0.3) is 0 Å². The number of nitrogens with zero attached hydrogens (tertiary/aromatic N) is 2. The van der Waals surface area contributed by atoms with Gasteiger partial charge in [-0.15, -0.1) is 0 Å². The molecular weight excluding hydrogens is 238 g/mol. The second-order valence-corrected chi connectivity index (χ2v) is 3.95. The fourth-order valence-electron chi connectivity index (χ4n) is 1.23. The number of halogens is 1. The number of nitrogens with two attached hydrogens (primary N) is 2. The highest BCUT2D eigenvalue weighted by atomic mass is 32.1. The van der Waals surface area contributed by atoms with Gasteiger partial charge in [0.2, 0.25) is 0 Å². The van der Waals surface area contributed by atoms with Gasteiger partial charge in [0.05, 0.1) is 11.4 Å². The molecule has 0 amide bonds. The normalized spacial score (nSPS) is 11.7. The molecule has 0 unspecified atom stereocenters. The number of hydrogen-bond acceptors (Lipinski definition) is 4. The molecule has 4 N–H and O–H groups in total. The lowest BCUT2D eigenvalue weighted by Crippen LogP contribution is -2.15. The first-order valence-corrected chi connectivity index (χ1v) is 5.51. The third-order valence-electron chi connectivity index (χ3n) is 2.07. The molecule has 0 saturated heterocycles. The van der Waals surface area contributed by atoms with Crippen LogP contribution in [0.4, 0.5) is 15.8 Å². The minimum Gasteiger partial charge on any atom is -0.396 e. The van der Waals surface area contributed by atoms with Crippen LogP contribution in [0.15, 0.2) is 28.6 Å². The van der Waals surface area contributed by atoms with E-state index in [4.69, 9.17) is 19.3 Å². The van der Waals surface area contributed by atoms with E-state index in [1.165, 1.54) is 29.7 Å². The Hall–Kier alpha value is -1.89. The van der Waals surface area contributed by atoms with Crippen molar-refractivity contribution in [3.8, 4) is 0 Å². The molecule has 2 radical (unpaired) electrons. The van der Waals surface area contributed by atoms with Gasteiger partial charge in [-0.3, -0.25) is 0 Å². The Bertz CT molecular complexity index is 581. The monoisotopic (exact) mass is 246 g/mol. The van der Waals surface area contributed by atoms with E-state index in [1.807, 2.05) is 0 Å². The maximum Gasteiger partial charge on any atom is 0.153 e. The topological polar surface area (TPSA) is 77.3 Å². The van der Waals surface area contributed by atoms with E-state index in [2.05, 4.69) is 9.37 Å². The van der Waals surface area contributed by atoms with Crippen molar-refractivity contribution < 1.29 is 4.39 Å². The largest absolute Gasteiger partial charge is 0.396 e. The van der Waals surface area contributed by atoms with Crippen LogP contribution in [0.5, 0.6) is 0 Å². The van der Waals surface area contributed by atoms with Gasteiger partial charge in [0.15, 0.2) is 5.84 Å². The van der Waals surface area contributed by atoms with Crippen LogP contribution in [0.3, 0.4) is 0 Å². The molecule has 0 spiro atoms. The fourth-order valence-corrected chi connectivity index (χ4v) is 1.81. The Morgan fingerprint density at radius 1 is 1.47 bits per heavy atom. The summed E-state index contributed by atoms with van der Waals surface area (Å²) in [6, 6.07) is 4.09. The summed E-state index contributed by atoms with van der Waals surface area (Å²) in [5.74, 6) is -0.314. The molecule has 0 saturated carbocycles. The van der Waals surface area contributed by atoms with Crippen LogP contribution in [-0.4, -0.2) is 18.1 Å². The van der Waals surface area contributed by atoms with Gasteiger partial charge < -0.3 is 11.5 Å². The Morgan fingerprint density at radius 3 is 2.82 bits per heavy atom. The smallest absolute Gasteiger partial charge is 0.153 e. The number of nitrogen functional groups attached to an aromatic ring is 1. The Kier molecular flexibility index (Phi) is 3.10. The predicted octanol–water partition coefficient (Wildman–Crippen LogP) is 0.695. The number of rotatable bonds is 2. The van der Waals surface area contributed by atoms with Crippen molar-refractivity contribution in [3.63, 3.8) is 0 Å². The van der Waals surface area contributed by atoms with Gasteiger partial charge in [0.1, 0.15) is 19.4 Å². The van der Waals surface area contributed by atoms with E-state index in [-0.39, 0.29) is 11.3 Å². The highest BCUT2D eigenvalue weighted by Crippen LogP contribution is 2.16. The highest BCUT2D eigenvalue weighted by molar-refractivity contribution is 7.04. The molecule has 1 aromatic carbocycles. The van der Waals surface area contributed by atoms with Gasteiger partial charge >= 0.3 is 0 Å². The van der Waals surface area contributed by atoms with Crippen molar-refractivity contribution in [1.82, 2.24) is 4.37 Å². The summed E-state index contributed by atoms with van der Waals surface area (Å²) in [7, 11) is 5.42. The van der Waals surface area contributed by atoms with Crippen molar-refractivity contribution in [2.24, 2.45) is 10.7 Å². The maximum atomic E-state index is 12.9. The molecule has 0 fully saturated rings. The molecular formula is C10H8BFN4S. The molecule has 1 heterocycles. The van der Waals surface area contributed by atoms with Crippen LogP contribution >= 0.6 is 11.5 Å². The van der Waals surface area contributed by atoms with Crippen LogP contribution in [0, 0.1) is 5.82 Å². The van der Waals surface area contributed by atoms with Crippen LogP contribution in [0.25, 0.3) is 0 Å². The number of hydrogen-bond donors (Lipinski definition) is 2. The Balaban J connectivity index is 2.36. The lowest BCUT2D eigenvalue weighted by Gasteiger charge is -2.01. The molecule has 1 aromatic heterocycles. The zero-order valence-corrected chi connectivity index (χ0v) is 9.54. The van der Waals surface area contributed by atoms with Crippen LogP contribution in [0.1, 0.15) is 5.69 Å². The second-order valence-electron chi connectivity index (χ2n) is 3.32. The van der Waals surface area contributed by atoms with Crippen LogP contribution in [0.2, 0.25) is 0 Å². The molecule has 4 nitrogen and oxygen atoms in total. The lowest BCUT2D eigenvalue weighted by molar-refractivity contribution is 0.636. The van der Waals surface area contributed by atoms with E-state index in [1.54, 1.807) is 5.38 Å². The molecule has 2 aromatic rings. The number of aliphatic imine (C=N–C) groups is 1. The SMILES string of the molecule is [B]c1cc(N=C(N)c2nscc2N)ccc1F. The van der Waals surface area contributed by atoms with Crippen molar-refractivity contribution in [3.05, 3.63) is 35.1 Å². The van der Waals surface area contributed by atoms with E-state index in [9.17, 15) is 4.39 Å². The third kappa shape index (κ3) is 2.44. The zero-order valence-electron chi connectivity index (χ0n) is 8.72. The molecule has 0 atom stereocenters. The molecule has 84 valence electrons. The summed E-state index contributed by atoms with van der Waals surface area (Å²) >= 11 is 1.19. The molecule has 0 bridgehead atoms. The van der Waals surface area contributed by atoms with Gasteiger partial charge in [-0.2, -0.15) is 4.37 Å². The standard InChI is InChI=1S/C10H8BFN4S/c11-6-3-5(1-2-7(6)12)15-10(14)9-8(13)4-17-16-9/h1-4H,13H2,(H2,14,15). The molecule has 17 heavy (non-hydrogen) atoms. The van der Waals surface area contributed by atoms with E-state index in [0.717, 1.165) is 0 Å². The fraction of sp³-hybridized carbons (Fsp3) is 0. The summed E-state index contributed by atoms with van der Waals surface area (Å²) in [6.07, 6.45) is 0. The number of anilines is 1. The van der Waals surface area contributed by atoms with Gasteiger partial charge in [-0.1, -0.05) is 5.46 Å². The first-order chi connectivity index (χ1) is 8.08. The van der Waals surface area contributed by atoms with E-state index < -0.39 is 5.82 Å². The first kappa shape index (κ1) is 11.6. The van der Waals surface area contributed by atoms with Crippen LogP contribution < -0.4 is 16.9 Å². The Morgan fingerprint density at radius 2 is 2.24 bits per heavy atom. The Labute approximate surface area is 103 Å². The average Bonchev–Trinajstić information content (AvgIpc) is 2.70. The summed E-state index contributed by atoms with van der Waals surface area (Å²) < 4.78 is 16.9. The van der Waals surface area contributed by atoms with Crippen molar-refractivity contribution in [2.75, 3.05) is 5.73 Å². The molecule has 2 rings (SSSR count). The van der Waals surface area contributed by atoms with E-state index >= 15 is 0 Å². The summed E-state index contributed by atoms with van der Waals surface area (Å²) in [5.41, 5.74) is 12.8. The van der Waals surface area contributed by atoms with Crippen molar-refractivity contribution >= 4 is 42.1 Å². The molecule has 0 aliphatic rings. The second kappa shape index (κ2) is 4.54. The summed E-state index contributed by atoms with van der Waals surface area (Å²) in [4.78, 5) is 4.08. The number of aromatic nitrogens is 1. The number of benzene rings is 1. The van der Waals surface area contributed by atoms with Gasteiger partial charge in [-0.25, -0.2) is 9.38 Å². The molecule has 0 aliphatic carbocycles. The van der Waals surface area contributed by atoms with Crippen molar-refractivity contribution in [1.29, 1.82) is 0 Å². The van der Waals surface area contributed by atoms with Crippen molar-refractivity contribution in [2.45, 2.75) is 0 Å². The highest BCUT2D eigenvalue weighted by Gasteiger charge is 2.07. The zero-order chi connectivity index (χ0) is 12.4. The number of amidine groups is 1. The molecule has 0 aliphatic heterocycles. The molecule has 7 heteroatoms. The minimum absolute atomic E-state index is 0.0188. The summed E-state index contributed by atoms with van der Waals surface area (Å²) in [6.45, 7) is 0. The minimum atomic E-state index is -0.490. The third-order valence-corrected chi connectivity index (χ3v) is 2.72. The maximum absolute atomic E-state index is 12.9. The predicted molar refractivity (Wildman–Crippen MR) is 68.7 cm³/mol. The van der Waals surface area contributed by atoms with Crippen LogP contribution in [-0.2, 0) is 0 Å². The summed E-state index contributed by atoms with van der Waals surface area (Å²) in [5, 5.41) is 1.66. The van der Waals surface area contributed by atoms with Gasteiger partial charge in [-0.05, 0) is 29.7 Å². The van der Waals surface area contributed by atoms with E-state index in [0.29, 0.717) is 17.1 Å². The van der Waals surface area contributed by atoms with Gasteiger partial charge in [0, 0.05) is 5.38 Å². The lowest BCUT2D eigenvalue weighted by atomic mass is 9.95. The quantitative estimate of drug-likeness (QED) is 0.465. The first-order valence-electron chi connectivity index (χ1n) is 4.67. The average molecular weight is 246 g/mol.